The highest BCUT2D eigenvalue weighted by Gasteiger charge is 2.50. The molecule has 0 aromatic heterocycles. The summed E-state index contributed by atoms with van der Waals surface area (Å²) in [6.07, 6.45) is 0. The summed E-state index contributed by atoms with van der Waals surface area (Å²) in [5, 5.41) is 11.3. The molecule has 0 aliphatic carbocycles. The van der Waals surface area contributed by atoms with Gasteiger partial charge in [-0.3, -0.25) is 0 Å². The Hall–Kier alpha value is -1.14. The van der Waals surface area contributed by atoms with Gasteiger partial charge in [0.25, 0.3) is 0 Å². The molecule has 0 N–H and O–H groups in total. The average molecular weight is 191 g/mol. The second-order valence-corrected chi connectivity index (χ2v) is 2.03. The summed E-state index contributed by atoms with van der Waals surface area (Å²) in [7, 11) is 1.91. The van der Waals surface area contributed by atoms with Crippen LogP contribution in [-0.4, -0.2) is 38.6 Å². The molecule has 0 amide bonds. The number of methoxy groups -OCH3 is 2. The lowest BCUT2D eigenvalue weighted by molar-refractivity contribution is -0.247. The Kier molecular flexibility index (Phi) is 4.36. The lowest BCUT2D eigenvalue weighted by Gasteiger charge is -2.18. The summed E-state index contributed by atoms with van der Waals surface area (Å²) < 4.78 is 12.6. The molecule has 1 unspecified atom stereocenters. The molecule has 0 aromatic rings. The minimum Gasteiger partial charge on any atom is -0.464 e. The quantitative estimate of drug-likeness (QED) is 0.339. The molecule has 0 saturated heterocycles. The first-order valence-corrected chi connectivity index (χ1v) is 3.54. The van der Waals surface area contributed by atoms with Crippen LogP contribution in [0.3, 0.4) is 0 Å². The normalized spacial score (nSPS) is 14.5. The van der Waals surface area contributed by atoms with Crippen molar-refractivity contribution in [1.82, 2.24) is 0 Å². The number of esters is 2. The highest BCUT2D eigenvalue weighted by Crippen LogP contribution is 2.11. The van der Waals surface area contributed by atoms with Crippen LogP contribution in [0.15, 0.2) is 0 Å². The smallest absolute Gasteiger partial charge is 0.397 e. The fraction of sp³-hybridized carbons (Fsp3) is 0.714. The molecule has 0 fully saturated rings. The first-order chi connectivity index (χ1) is 6.02. The second kappa shape index (κ2) is 4.78. The van der Waals surface area contributed by atoms with E-state index in [9.17, 15) is 14.7 Å². The second-order valence-electron chi connectivity index (χ2n) is 2.03. The van der Waals surface area contributed by atoms with Crippen LogP contribution < -0.4 is 0 Å². The summed E-state index contributed by atoms with van der Waals surface area (Å²) in [6, 6.07) is 0. The molecule has 1 atom stereocenters. The zero-order valence-corrected chi connectivity index (χ0v) is 7.66. The van der Waals surface area contributed by atoms with E-state index < -0.39 is 17.7 Å². The molecule has 0 aliphatic rings. The third-order valence-electron chi connectivity index (χ3n) is 1.29. The predicted molar refractivity (Wildman–Crippen MR) is 39.1 cm³/mol. The Morgan fingerprint density at radius 2 is 1.77 bits per heavy atom. The van der Waals surface area contributed by atoms with Gasteiger partial charge in [0.2, 0.25) is 0 Å². The fourth-order valence-corrected chi connectivity index (χ4v) is 0.610. The highest BCUT2D eigenvalue weighted by atomic mass is 16.7. The number of hydrogen-bond acceptors (Lipinski definition) is 5. The number of hydrogen-bond donors (Lipinski definition) is 0. The molecule has 0 spiro atoms. The van der Waals surface area contributed by atoms with Gasteiger partial charge < -0.3 is 14.2 Å². The largest absolute Gasteiger partial charge is 0.464 e. The minimum absolute atomic E-state index is 0.0107. The molecule has 0 aliphatic heterocycles. The minimum atomic E-state index is -2.91. The Morgan fingerprint density at radius 3 is 2.08 bits per heavy atom. The van der Waals surface area contributed by atoms with Crippen LogP contribution in [0.5, 0.6) is 0 Å². The first kappa shape index (κ1) is 11.9. The molecule has 0 aromatic carbocycles. The topological polar surface area (TPSA) is 81.7 Å². The van der Waals surface area contributed by atoms with E-state index in [-0.39, 0.29) is 6.61 Å². The Bertz CT molecular complexity index is 201. The molecule has 0 heterocycles. The van der Waals surface area contributed by atoms with Crippen molar-refractivity contribution in [3.63, 3.8) is 0 Å². The zero-order valence-electron chi connectivity index (χ0n) is 7.66. The molecule has 13 heavy (non-hydrogen) atoms. The van der Waals surface area contributed by atoms with E-state index in [0.29, 0.717) is 0 Å². The van der Waals surface area contributed by atoms with Gasteiger partial charge in [0.05, 0.1) is 13.7 Å². The molecule has 0 saturated carbocycles. The Morgan fingerprint density at radius 1 is 1.23 bits per heavy atom. The van der Waals surface area contributed by atoms with Crippen molar-refractivity contribution < 1.29 is 28.9 Å². The van der Waals surface area contributed by atoms with Crippen LogP contribution in [0.1, 0.15) is 6.92 Å². The van der Waals surface area contributed by atoms with E-state index in [0.717, 1.165) is 14.2 Å². The van der Waals surface area contributed by atoms with Gasteiger partial charge in [-0.05, 0) is 6.92 Å². The number of carbonyl (C=O) groups is 2. The lowest BCUT2D eigenvalue weighted by atomic mass is 10.3. The fourth-order valence-electron chi connectivity index (χ4n) is 0.610. The summed E-state index contributed by atoms with van der Waals surface area (Å²) in [5.41, 5.74) is 0. The van der Waals surface area contributed by atoms with Crippen molar-refractivity contribution in [3.05, 3.63) is 0 Å². The van der Waals surface area contributed by atoms with E-state index >= 15 is 0 Å². The van der Waals surface area contributed by atoms with E-state index in [1.165, 1.54) is 6.92 Å². The van der Waals surface area contributed by atoms with E-state index in [2.05, 4.69) is 14.2 Å². The van der Waals surface area contributed by atoms with Gasteiger partial charge in [0, 0.05) is 7.11 Å². The van der Waals surface area contributed by atoms with Crippen LogP contribution in [0.25, 0.3) is 0 Å². The molecule has 1 radical (unpaired) electrons. The third kappa shape index (κ3) is 2.40. The molecule has 75 valence electrons. The Labute approximate surface area is 75.4 Å². The van der Waals surface area contributed by atoms with Crippen LogP contribution >= 0.6 is 0 Å². The predicted octanol–water partition coefficient (Wildman–Crippen LogP) is -0.504. The maximum absolute atomic E-state index is 11.3. The van der Waals surface area contributed by atoms with Gasteiger partial charge >= 0.3 is 17.7 Å². The molecular weight excluding hydrogens is 180 g/mol. The standard InChI is InChI=1S/C7H11O6/c1-4-13-6(9)7(10,12-3)5(8)11-2/h4H2,1-3H3. The van der Waals surface area contributed by atoms with Gasteiger partial charge in [-0.25, -0.2) is 9.59 Å². The van der Waals surface area contributed by atoms with Gasteiger partial charge in [-0.15, -0.1) is 0 Å². The van der Waals surface area contributed by atoms with Crippen LogP contribution in [0.4, 0.5) is 0 Å². The van der Waals surface area contributed by atoms with E-state index in [4.69, 9.17) is 0 Å². The number of ether oxygens (including phenoxy) is 3. The van der Waals surface area contributed by atoms with E-state index in [1.807, 2.05) is 0 Å². The maximum Gasteiger partial charge on any atom is 0.397 e. The van der Waals surface area contributed by atoms with E-state index in [1.54, 1.807) is 0 Å². The molecule has 6 heteroatoms. The van der Waals surface area contributed by atoms with Gasteiger partial charge in [-0.1, -0.05) is 0 Å². The monoisotopic (exact) mass is 191 g/mol. The van der Waals surface area contributed by atoms with Crippen molar-refractivity contribution in [2.45, 2.75) is 12.7 Å². The third-order valence-corrected chi connectivity index (χ3v) is 1.29. The summed E-state index contributed by atoms with van der Waals surface area (Å²) in [4.78, 5) is 21.8. The van der Waals surface area contributed by atoms with Crippen molar-refractivity contribution in [2.75, 3.05) is 20.8 Å². The SMILES string of the molecule is CCOC(=O)C([O])(OC)C(=O)OC. The summed E-state index contributed by atoms with van der Waals surface area (Å²) >= 11 is 0. The van der Waals surface area contributed by atoms with Gasteiger partial charge in [-0.2, -0.15) is 5.11 Å². The van der Waals surface area contributed by atoms with Crippen LogP contribution in [-0.2, 0) is 28.9 Å². The van der Waals surface area contributed by atoms with Crippen molar-refractivity contribution >= 4 is 11.9 Å². The average Bonchev–Trinajstić information content (AvgIpc) is 2.15. The summed E-state index contributed by atoms with van der Waals surface area (Å²) in [6.45, 7) is 1.49. The van der Waals surface area contributed by atoms with Gasteiger partial charge in [0.1, 0.15) is 0 Å². The maximum atomic E-state index is 11.3. The summed E-state index contributed by atoms with van der Waals surface area (Å²) in [5.74, 6) is -5.54. The van der Waals surface area contributed by atoms with Crippen molar-refractivity contribution in [2.24, 2.45) is 0 Å². The molecule has 0 bridgehead atoms. The van der Waals surface area contributed by atoms with Crippen LogP contribution in [0, 0.1) is 0 Å². The number of rotatable bonds is 4. The molecule has 6 nitrogen and oxygen atoms in total. The van der Waals surface area contributed by atoms with Crippen LogP contribution in [0.2, 0.25) is 0 Å². The number of carbonyl (C=O) groups excluding carboxylic acids is 2. The first-order valence-electron chi connectivity index (χ1n) is 3.54. The molecular formula is C7H11O6. The zero-order chi connectivity index (χ0) is 10.5. The highest BCUT2D eigenvalue weighted by molar-refractivity contribution is 6.01. The van der Waals surface area contributed by atoms with Crippen molar-refractivity contribution in [3.8, 4) is 0 Å². The van der Waals surface area contributed by atoms with Crippen molar-refractivity contribution in [1.29, 1.82) is 0 Å². The Balaban J connectivity index is 4.61. The van der Waals surface area contributed by atoms with Gasteiger partial charge in [0.15, 0.2) is 0 Å². The lowest BCUT2D eigenvalue weighted by Crippen LogP contribution is -2.49. The molecule has 0 rings (SSSR count).